The molecule has 0 atom stereocenters. The van der Waals surface area contributed by atoms with Crippen LogP contribution in [-0.4, -0.2) is 22.7 Å². The highest BCUT2D eigenvalue weighted by molar-refractivity contribution is 6.02. The summed E-state index contributed by atoms with van der Waals surface area (Å²) in [6, 6.07) is 19.4. The molecule has 2 N–H and O–H groups in total. The molecule has 7 nitrogen and oxygen atoms in total. The van der Waals surface area contributed by atoms with E-state index in [0.717, 1.165) is 11.4 Å². The van der Waals surface area contributed by atoms with Crippen molar-refractivity contribution in [2.75, 3.05) is 17.2 Å². The van der Waals surface area contributed by atoms with Crippen LogP contribution in [0, 0.1) is 11.3 Å². The van der Waals surface area contributed by atoms with Crippen LogP contribution < -0.4 is 15.4 Å². The lowest BCUT2D eigenvalue weighted by Gasteiger charge is -2.08. The SMILES string of the molecule is CCOc1ccc(NC(=O)c2ccc(Nc3cccc(C#N)c3)nn2)cc1. The maximum Gasteiger partial charge on any atom is 0.276 e. The van der Waals surface area contributed by atoms with Crippen molar-refractivity contribution < 1.29 is 9.53 Å². The van der Waals surface area contributed by atoms with Crippen molar-refractivity contribution in [2.24, 2.45) is 0 Å². The molecule has 2 aromatic carbocycles. The van der Waals surface area contributed by atoms with Gasteiger partial charge in [0.2, 0.25) is 0 Å². The van der Waals surface area contributed by atoms with Crippen molar-refractivity contribution in [1.82, 2.24) is 10.2 Å². The molecule has 0 aliphatic carbocycles. The second kappa shape index (κ2) is 8.45. The Kier molecular flexibility index (Phi) is 5.60. The first kappa shape index (κ1) is 17.9. The first-order valence-electron chi connectivity index (χ1n) is 8.33. The predicted octanol–water partition coefficient (Wildman–Crippen LogP) is 3.74. The minimum atomic E-state index is -0.357. The Hall–Kier alpha value is -3.92. The van der Waals surface area contributed by atoms with Gasteiger partial charge in [-0.05, 0) is 61.5 Å². The number of nitrogens with zero attached hydrogens (tertiary/aromatic N) is 3. The lowest BCUT2D eigenvalue weighted by atomic mass is 10.2. The van der Waals surface area contributed by atoms with Gasteiger partial charge in [-0.15, -0.1) is 10.2 Å². The van der Waals surface area contributed by atoms with Crippen molar-refractivity contribution >= 4 is 23.1 Å². The molecule has 0 fully saturated rings. The molecule has 0 saturated carbocycles. The number of ether oxygens (including phenoxy) is 1. The molecule has 0 unspecified atom stereocenters. The fourth-order valence-corrected chi connectivity index (χ4v) is 2.33. The van der Waals surface area contributed by atoms with E-state index in [-0.39, 0.29) is 11.6 Å². The number of nitriles is 1. The first-order chi connectivity index (χ1) is 13.2. The number of carbonyl (C=O) groups excluding carboxylic acids is 1. The quantitative estimate of drug-likeness (QED) is 0.695. The van der Waals surface area contributed by atoms with Crippen molar-refractivity contribution in [3.05, 3.63) is 71.9 Å². The lowest BCUT2D eigenvalue weighted by Crippen LogP contribution is -2.14. The number of rotatable bonds is 6. The third-order valence-corrected chi connectivity index (χ3v) is 3.58. The summed E-state index contributed by atoms with van der Waals surface area (Å²) in [5, 5.41) is 22.7. The van der Waals surface area contributed by atoms with Gasteiger partial charge >= 0.3 is 0 Å². The molecule has 3 rings (SSSR count). The van der Waals surface area contributed by atoms with Gasteiger partial charge in [0.05, 0.1) is 18.2 Å². The molecule has 0 aliphatic rings. The average Bonchev–Trinajstić information content (AvgIpc) is 2.70. The van der Waals surface area contributed by atoms with Crippen molar-refractivity contribution in [2.45, 2.75) is 6.92 Å². The molecule has 3 aromatic rings. The van der Waals surface area contributed by atoms with Crippen LogP contribution in [0.4, 0.5) is 17.2 Å². The van der Waals surface area contributed by atoms with Gasteiger partial charge in [0, 0.05) is 11.4 Å². The standard InChI is InChI=1S/C20H17N5O2/c1-2-27-17-8-6-15(7-9-17)23-20(26)18-10-11-19(25-24-18)22-16-5-3-4-14(12-16)13-21/h3-12H,2H2,1H3,(H,22,25)(H,23,26). The molecule has 1 amide bonds. The fourth-order valence-electron chi connectivity index (χ4n) is 2.33. The van der Waals surface area contributed by atoms with Gasteiger partial charge in [-0.1, -0.05) is 6.07 Å². The van der Waals surface area contributed by atoms with Crippen LogP contribution >= 0.6 is 0 Å². The highest BCUT2D eigenvalue weighted by Crippen LogP contribution is 2.17. The molecule has 0 radical (unpaired) electrons. The molecule has 1 heterocycles. The number of hydrogen-bond donors (Lipinski definition) is 2. The Morgan fingerprint density at radius 3 is 2.56 bits per heavy atom. The molecule has 0 bridgehead atoms. The van der Waals surface area contributed by atoms with Crippen LogP contribution in [0.15, 0.2) is 60.7 Å². The number of amides is 1. The van der Waals surface area contributed by atoms with Crippen molar-refractivity contribution in [1.29, 1.82) is 5.26 Å². The topological polar surface area (TPSA) is 99.9 Å². The van der Waals surface area contributed by atoms with Crippen LogP contribution in [0.25, 0.3) is 0 Å². The summed E-state index contributed by atoms with van der Waals surface area (Å²) in [6.07, 6.45) is 0. The predicted molar refractivity (Wildman–Crippen MR) is 102 cm³/mol. The minimum Gasteiger partial charge on any atom is -0.494 e. The van der Waals surface area contributed by atoms with Crippen molar-refractivity contribution in [3.8, 4) is 11.8 Å². The number of aromatic nitrogens is 2. The van der Waals surface area contributed by atoms with Gasteiger partial charge in [-0.3, -0.25) is 4.79 Å². The van der Waals surface area contributed by atoms with E-state index in [9.17, 15) is 4.79 Å². The Morgan fingerprint density at radius 1 is 1.07 bits per heavy atom. The molecular weight excluding hydrogens is 342 g/mol. The normalized spacial score (nSPS) is 9.93. The van der Waals surface area contributed by atoms with Gasteiger partial charge in [0.1, 0.15) is 5.75 Å². The second-order valence-electron chi connectivity index (χ2n) is 5.53. The van der Waals surface area contributed by atoms with Crippen LogP contribution in [0.1, 0.15) is 23.0 Å². The molecule has 27 heavy (non-hydrogen) atoms. The summed E-state index contributed by atoms with van der Waals surface area (Å²) >= 11 is 0. The fraction of sp³-hybridized carbons (Fsp3) is 0.100. The average molecular weight is 359 g/mol. The number of benzene rings is 2. The largest absolute Gasteiger partial charge is 0.494 e. The highest BCUT2D eigenvalue weighted by atomic mass is 16.5. The van der Waals surface area contributed by atoms with Gasteiger partial charge < -0.3 is 15.4 Å². The molecule has 0 aliphatic heterocycles. The van der Waals surface area contributed by atoms with Crippen LogP contribution in [0.3, 0.4) is 0 Å². The van der Waals surface area contributed by atoms with Gasteiger partial charge in [0.15, 0.2) is 11.5 Å². The van der Waals surface area contributed by atoms with Gasteiger partial charge in [-0.2, -0.15) is 5.26 Å². The zero-order chi connectivity index (χ0) is 19.1. The Morgan fingerprint density at radius 2 is 1.89 bits per heavy atom. The van der Waals surface area contributed by atoms with E-state index in [1.54, 1.807) is 54.6 Å². The third kappa shape index (κ3) is 4.80. The molecule has 7 heteroatoms. The van der Waals surface area contributed by atoms with Crippen molar-refractivity contribution in [3.63, 3.8) is 0 Å². The van der Waals surface area contributed by atoms with E-state index in [1.165, 1.54) is 0 Å². The van der Waals surface area contributed by atoms with E-state index < -0.39 is 0 Å². The van der Waals surface area contributed by atoms with E-state index in [4.69, 9.17) is 10.00 Å². The molecule has 1 aromatic heterocycles. The minimum absolute atomic E-state index is 0.195. The van der Waals surface area contributed by atoms with Crippen LogP contribution in [0.5, 0.6) is 5.75 Å². The first-order valence-corrected chi connectivity index (χ1v) is 8.33. The number of hydrogen-bond acceptors (Lipinski definition) is 6. The zero-order valence-corrected chi connectivity index (χ0v) is 14.6. The Balaban J connectivity index is 1.63. The van der Waals surface area contributed by atoms with Gasteiger partial charge in [0.25, 0.3) is 5.91 Å². The maximum absolute atomic E-state index is 12.3. The van der Waals surface area contributed by atoms with E-state index in [0.29, 0.717) is 23.7 Å². The number of anilines is 3. The monoisotopic (exact) mass is 359 g/mol. The van der Waals surface area contributed by atoms with E-state index in [1.807, 2.05) is 13.0 Å². The summed E-state index contributed by atoms with van der Waals surface area (Å²) in [4.78, 5) is 12.3. The van der Waals surface area contributed by atoms with Gasteiger partial charge in [-0.25, -0.2) is 0 Å². The highest BCUT2D eigenvalue weighted by Gasteiger charge is 2.09. The van der Waals surface area contributed by atoms with E-state index >= 15 is 0 Å². The summed E-state index contributed by atoms with van der Waals surface area (Å²) in [5.74, 6) is 0.860. The van der Waals surface area contributed by atoms with Crippen LogP contribution in [0.2, 0.25) is 0 Å². The smallest absolute Gasteiger partial charge is 0.276 e. The molecule has 0 saturated heterocycles. The summed E-state index contributed by atoms with van der Waals surface area (Å²) in [7, 11) is 0. The van der Waals surface area contributed by atoms with Crippen LogP contribution in [-0.2, 0) is 0 Å². The second-order valence-corrected chi connectivity index (χ2v) is 5.53. The molecule has 0 spiro atoms. The summed E-state index contributed by atoms with van der Waals surface area (Å²) < 4.78 is 5.37. The molecule has 134 valence electrons. The Bertz CT molecular complexity index is 963. The van der Waals surface area contributed by atoms with E-state index in [2.05, 4.69) is 26.9 Å². The summed E-state index contributed by atoms with van der Waals surface area (Å²) in [6.45, 7) is 2.50. The summed E-state index contributed by atoms with van der Waals surface area (Å²) in [5.41, 5.74) is 2.09. The zero-order valence-electron chi connectivity index (χ0n) is 14.6. The lowest BCUT2D eigenvalue weighted by molar-refractivity contribution is 0.102. The number of carbonyl (C=O) groups is 1. The Labute approximate surface area is 156 Å². The maximum atomic E-state index is 12.3. The number of nitrogens with one attached hydrogen (secondary N) is 2. The third-order valence-electron chi connectivity index (χ3n) is 3.58. The molecular formula is C20H17N5O2.